The molecule has 0 bridgehead atoms. The predicted molar refractivity (Wildman–Crippen MR) is 100 cm³/mol. The Morgan fingerprint density at radius 2 is 1.42 bits per heavy atom. The van der Waals surface area contributed by atoms with Crippen molar-refractivity contribution >= 4 is 11.4 Å². The van der Waals surface area contributed by atoms with Crippen LogP contribution in [0.5, 0.6) is 0 Å². The summed E-state index contributed by atoms with van der Waals surface area (Å²) in [5.74, 6) is 0. The van der Waals surface area contributed by atoms with Gasteiger partial charge >= 0.3 is 0 Å². The normalized spacial score (nSPS) is 17.0. The van der Waals surface area contributed by atoms with Gasteiger partial charge in [-0.3, -0.25) is 5.01 Å². The maximum absolute atomic E-state index is 4.97. The monoisotopic (exact) mass is 312 g/mol. The zero-order chi connectivity index (χ0) is 16.4. The van der Waals surface area contributed by atoms with Gasteiger partial charge in [0.05, 0.1) is 17.4 Å². The number of hydrogen-bond donors (Lipinski definition) is 0. The van der Waals surface area contributed by atoms with Crippen LogP contribution in [0.3, 0.4) is 0 Å². The lowest BCUT2D eigenvalue weighted by Gasteiger charge is -2.24. The fourth-order valence-electron chi connectivity index (χ4n) is 3.19. The molecule has 0 fully saturated rings. The second kappa shape index (κ2) is 6.32. The molecular weight excluding hydrogens is 292 g/mol. The van der Waals surface area contributed by atoms with E-state index in [9.17, 15) is 0 Å². The lowest BCUT2D eigenvalue weighted by atomic mass is 9.98. The average molecular weight is 312 g/mol. The molecule has 1 unspecified atom stereocenters. The van der Waals surface area contributed by atoms with Gasteiger partial charge < -0.3 is 0 Å². The van der Waals surface area contributed by atoms with Gasteiger partial charge in [-0.25, -0.2) is 0 Å². The summed E-state index contributed by atoms with van der Waals surface area (Å²) in [6.45, 7) is 2.11. The van der Waals surface area contributed by atoms with E-state index in [1.807, 2.05) is 6.07 Å². The minimum atomic E-state index is 0.240. The molecular formula is C22H20N2. The van der Waals surface area contributed by atoms with Crippen LogP contribution in [0, 0.1) is 6.92 Å². The van der Waals surface area contributed by atoms with Crippen LogP contribution < -0.4 is 5.01 Å². The molecule has 0 saturated carbocycles. The van der Waals surface area contributed by atoms with Crippen molar-refractivity contribution < 1.29 is 0 Å². The van der Waals surface area contributed by atoms with Crippen molar-refractivity contribution in [3.63, 3.8) is 0 Å². The van der Waals surface area contributed by atoms with Crippen molar-refractivity contribution in [3.8, 4) is 0 Å². The van der Waals surface area contributed by atoms with Gasteiger partial charge in [-0.05, 0) is 30.2 Å². The summed E-state index contributed by atoms with van der Waals surface area (Å²) in [4.78, 5) is 0. The van der Waals surface area contributed by atoms with E-state index in [1.165, 1.54) is 16.7 Å². The quantitative estimate of drug-likeness (QED) is 0.636. The Morgan fingerprint density at radius 1 is 0.792 bits per heavy atom. The van der Waals surface area contributed by atoms with E-state index in [2.05, 4.69) is 90.8 Å². The zero-order valence-electron chi connectivity index (χ0n) is 13.8. The number of hydrogen-bond acceptors (Lipinski definition) is 2. The van der Waals surface area contributed by atoms with Crippen molar-refractivity contribution in [3.05, 3.63) is 102 Å². The minimum Gasteiger partial charge on any atom is -0.257 e. The van der Waals surface area contributed by atoms with E-state index < -0.39 is 0 Å². The topological polar surface area (TPSA) is 15.6 Å². The van der Waals surface area contributed by atoms with E-state index in [1.54, 1.807) is 0 Å². The van der Waals surface area contributed by atoms with Crippen molar-refractivity contribution in [2.45, 2.75) is 19.4 Å². The highest BCUT2D eigenvalue weighted by Crippen LogP contribution is 2.36. The van der Waals surface area contributed by atoms with Crippen LogP contribution in [-0.2, 0) is 0 Å². The van der Waals surface area contributed by atoms with Gasteiger partial charge in [-0.1, -0.05) is 78.4 Å². The average Bonchev–Trinajstić information content (AvgIpc) is 3.09. The summed E-state index contributed by atoms with van der Waals surface area (Å²) in [6, 6.07) is 30.0. The first-order valence-electron chi connectivity index (χ1n) is 8.35. The molecule has 3 aromatic rings. The van der Waals surface area contributed by atoms with Gasteiger partial charge in [0.25, 0.3) is 0 Å². The van der Waals surface area contributed by atoms with Gasteiger partial charge in [0.15, 0.2) is 0 Å². The van der Waals surface area contributed by atoms with E-state index >= 15 is 0 Å². The van der Waals surface area contributed by atoms with E-state index in [0.717, 1.165) is 17.8 Å². The third kappa shape index (κ3) is 2.83. The third-order valence-electron chi connectivity index (χ3n) is 4.50. The van der Waals surface area contributed by atoms with Crippen molar-refractivity contribution in [1.82, 2.24) is 0 Å². The van der Waals surface area contributed by atoms with Crippen molar-refractivity contribution in [2.24, 2.45) is 5.10 Å². The van der Waals surface area contributed by atoms with Crippen LogP contribution in [0.15, 0.2) is 90.0 Å². The largest absolute Gasteiger partial charge is 0.257 e. The SMILES string of the molecule is Cc1ccc(N2N=C(c3ccccc3)CC2c2ccccc2)cc1. The second-order valence-corrected chi connectivity index (χ2v) is 6.22. The van der Waals surface area contributed by atoms with Gasteiger partial charge in [0.2, 0.25) is 0 Å². The molecule has 0 spiro atoms. The summed E-state index contributed by atoms with van der Waals surface area (Å²) in [7, 11) is 0. The summed E-state index contributed by atoms with van der Waals surface area (Å²) < 4.78 is 0. The van der Waals surface area contributed by atoms with Crippen LogP contribution in [0.25, 0.3) is 0 Å². The Kier molecular flexibility index (Phi) is 3.87. The number of nitrogens with zero attached hydrogens (tertiary/aromatic N) is 2. The lowest BCUT2D eigenvalue weighted by molar-refractivity contribution is 0.709. The van der Waals surface area contributed by atoms with E-state index in [4.69, 9.17) is 5.10 Å². The molecule has 0 aromatic heterocycles. The second-order valence-electron chi connectivity index (χ2n) is 6.22. The fraction of sp³-hybridized carbons (Fsp3) is 0.136. The molecule has 3 aromatic carbocycles. The molecule has 2 nitrogen and oxygen atoms in total. The third-order valence-corrected chi connectivity index (χ3v) is 4.50. The van der Waals surface area contributed by atoms with Gasteiger partial charge in [0, 0.05) is 6.42 Å². The molecule has 0 radical (unpaired) electrons. The molecule has 0 N–H and O–H groups in total. The highest BCUT2D eigenvalue weighted by atomic mass is 15.5. The van der Waals surface area contributed by atoms with Crippen LogP contribution in [-0.4, -0.2) is 5.71 Å². The summed E-state index contributed by atoms with van der Waals surface area (Å²) in [5.41, 5.74) is 6.05. The van der Waals surface area contributed by atoms with Gasteiger partial charge in [-0.2, -0.15) is 5.10 Å². The van der Waals surface area contributed by atoms with Crippen molar-refractivity contribution in [2.75, 3.05) is 5.01 Å². The Balaban J connectivity index is 1.75. The van der Waals surface area contributed by atoms with E-state index in [0.29, 0.717) is 0 Å². The molecule has 1 heterocycles. The van der Waals surface area contributed by atoms with Crippen LogP contribution in [0.4, 0.5) is 5.69 Å². The first kappa shape index (κ1) is 14.7. The smallest absolute Gasteiger partial charge is 0.0831 e. The Labute approximate surface area is 143 Å². The highest BCUT2D eigenvalue weighted by molar-refractivity contribution is 6.03. The number of aryl methyl sites for hydroxylation is 1. The molecule has 0 saturated heterocycles. The Hall–Kier alpha value is -2.87. The number of hydrazone groups is 1. The Bertz CT molecular complexity index is 836. The minimum absolute atomic E-state index is 0.240. The van der Waals surface area contributed by atoms with Crippen LogP contribution in [0.1, 0.15) is 29.2 Å². The molecule has 0 amide bonds. The standard InChI is InChI=1S/C22H20N2/c1-17-12-14-20(15-13-17)24-22(19-10-6-3-7-11-19)16-21(23-24)18-8-4-2-5-9-18/h2-15,22H,16H2,1H3. The van der Waals surface area contributed by atoms with Gasteiger partial charge in [0.1, 0.15) is 0 Å². The molecule has 1 atom stereocenters. The van der Waals surface area contributed by atoms with Crippen molar-refractivity contribution in [1.29, 1.82) is 0 Å². The summed E-state index contributed by atoms with van der Waals surface area (Å²) in [6.07, 6.45) is 0.919. The maximum Gasteiger partial charge on any atom is 0.0831 e. The number of anilines is 1. The molecule has 0 aliphatic carbocycles. The molecule has 2 heteroatoms. The molecule has 1 aliphatic heterocycles. The zero-order valence-corrected chi connectivity index (χ0v) is 13.8. The van der Waals surface area contributed by atoms with Gasteiger partial charge in [-0.15, -0.1) is 0 Å². The summed E-state index contributed by atoms with van der Waals surface area (Å²) in [5, 5.41) is 7.13. The predicted octanol–water partition coefficient (Wildman–Crippen LogP) is 5.35. The fourth-order valence-corrected chi connectivity index (χ4v) is 3.19. The highest BCUT2D eigenvalue weighted by Gasteiger charge is 2.29. The summed E-state index contributed by atoms with van der Waals surface area (Å²) >= 11 is 0. The molecule has 1 aliphatic rings. The first-order chi connectivity index (χ1) is 11.8. The van der Waals surface area contributed by atoms with Crippen LogP contribution in [0.2, 0.25) is 0 Å². The Morgan fingerprint density at radius 3 is 2.08 bits per heavy atom. The van der Waals surface area contributed by atoms with Crippen LogP contribution >= 0.6 is 0 Å². The molecule has 118 valence electrons. The lowest BCUT2D eigenvalue weighted by Crippen LogP contribution is -2.18. The number of rotatable bonds is 3. The van der Waals surface area contributed by atoms with E-state index in [-0.39, 0.29) is 6.04 Å². The maximum atomic E-state index is 4.97. The first-order valence-corrected chi connectivity index (χ1v) is 8.35. The number of benzene rings is 3. The molecule has 24 heavy (non-hydrogen) atoms. The molecule has 4 rings (SSSR count).